The van der Waals surface area contributed by atoms with Crippen molar-refractivity contribution in [3.05, 3.63) is 23.3 Å². The van der Waals surface area contributed by atoms with E-state index in [1.807, 2.05) is 0 Å². The van der Waals surface area contributed by atoms with Gasteiger partial charge in [0.1, 0.15) is 6.10 Å². The summed E-state index contributed by atoms with van der Waals surface area (Å²) in [6, 6.07) is 2.84. The summed E-state index contributed by atoms with van der Waals surface area (Å²) in [7, 11) is 0. The molecule has 0 aliphatic carbocycles. The molecular weight excluding hydrogens is 304 g/mol. The quantitative estimate of drug-likeness (QED) is 0.520. The van der Waals surface area contributed by atoms with Gasteiger partial charge in [-0.15, -0.1) is 0 Å². The lowest BCUT2D eigenvalue weighted by molar-refractivity contribution is -0.145. The Balaban J connectivity index is 3.18. The lowest BCUT2D eigenvalue weighted by Gasteiger charge is -2.19. The largest absolute Gasteiger partial charge is 0.487 e. The van der Waals surface area contributed by atoms with Gasteiger partial charge in [-0.2, -0.15) is 0 Å². The third kappa shape index (κ3) is 5.54. The van der Waals surface area contributed by atoms with Crippen LogP contribution in [-0.4, -0.2) is 48.4 Å². The van der Waals surface area contributed by atoms with Crippen molar-refractivity contribution in [2.45, 2.75) is 33.0 Å². The molecule has 0 radical (unpaired) electrons. The summed E-state index contributed by atoms with van der Waals surface area (Å²) in [6.45, 7) is 4.59. The first-order valence-corrected chi connectivity index (χ1v) is 7.30. The van der Waals surface area contributed by atoms with E-state index in [1.165, 1.54) is 12.1 Å². The van der Waals surface area contributed by atoms with Crippen LogP contribution >= 0.6 is 0 Å². The van der Waals surface area contributed by atoms with Gasteiger partial charge in [0.15, 0.2) is 24.4 Å². The summed E-state index contributed by atoms with van der Waals surface area (Å²) in [4.78, 5) is 22.7. The second kappa shape index (κ2) is 9.12. The number of hydrogen-bond acceptors (Lipinski definition) is 7. The van der Waals surface area contributed by atoms with Gasteiger partial charge >= 0.3 is 5.97 Å². The third-order valence-corrected chi connectivity index (χ3v) is 2.79. The fraction of sp³-hybridized carbons (Fsp3) is 0.500. The molecule has 23 heavy (non-hydrogen) atoms. The third-order valence-electron chi connectivity index (χ3n) is 2.79. The number of carbonyl (C=O) groups excluding carboxylic acids is 2. The smallest absolute Gasteiger partial charge is 0.344 e. The molecule has 0 spiro atoms. The molecule has 0 fully saturated rings. The lowest BCUT2D eigenvalue weighted by Crippen LogP contribution is -2.17. The Morgan fingerprint density at radius 3 is 2.57 bits per heavy atom. The number of esters is 1. The van der Waals surface area contributed by atoms with E-state index in [1.54, 1.807) is 20.8 Å². The molecule has 1 aromatic rings. The van der Waals surface area contributed by atoms with Crippen LogP contribution in [0, 0.1) is 0 Å². The average Bonchev–Trinajstić information content (AvgIpc) is 2.51. The van der Waals surface area contributed by atoms with Crippen molar-refractivity contribution in [2.75, 3.05) is 19.8 Å². The standard InChI is InChI=1S/C16H22O7/c1-4-21-15(20)9-22-16-12(7-17)5-11(13(19)8-18)6-14(16)23-10(2)3/h5-7,10,13,18-19H,4,8-9H2,1-3H3/t13-/m1/s1. The molecule has 0 saturated carbocycles. The van der Waals surface area contributed by atoms with E-state index >= 15 is 0 Å². The molecule has 0 aromatic heterocycles. The molecule has 1 atom stereocenters. The number of benzene rings is 1. The van der Waals surface area contributed by atoms with Crippen LogP contribution in [0.4, 0.5) is 0 Å². The number of hydrogen-bond donors (Lipinski definition) is 2. The minimum Gasteiger partial charge on any atom is -0.487 e. The van der Waals surface area contributed by atoms with Crippen molar-refractivity contribution in [3.63, 3.8) is 0 Å². The van der Waals surface area contributed by atoms with Crippen molar-refractivity contribution >= 4 is 12.3 Å². The predicted molar refractivity (Wildman–Crippen MR) is 81.8 cm³/mol. The Hall–Kier alpha value is -2.12. The number of ether oxygens (including phenoxy) is 3. The van der Waals surface area contributed by atoms with Crippen LogP contribution < -0.4 is 9.47 Å². The molecule has 7 nitrogen and oxygen atoms in total. The Morgan fingerprint density at radius 2 is 2.04 bits per heavy atom. The van der Waals surface area contributed by atoms with Crippen LogP contribution in [0.2, 0.25) is 0 Å². The maximum atomic E-state index is 11.4. The Labute approximate surface area is 134 Å². The van der Waals surface area contributed by atoms with Crippen molar-refractivity contribution < 1.29 is 34.0 Å². The molecule has 0 amide bonds. The fourth-order valence-electron chi connectivity index (χ4n) is 1.86. The second-order valence-electron chi connectivity index (χ2n) is 5.01. The Bertz CT molecular complexity index is 539. The van der Waals surface area contributed by atoms with Gasteiger partial charge in [0.05, 0.1) is 24.9 Å². The topological polar surface area (TPSA) is 102 Å². The first-order valence-electron chi connectivity index (χ1n) is 7.30. The molecule has 1 rings (SSSR count). The number of carbonyl (C=O) groups is 2. The normalized spacial score (nSPS) is 11.9. The summed E-state index contributed by atoms with van der Waals surface area (Å²) in [5, 5.41) is 18.8. The zero-order chi connectivity index (χ0) is 17.4. The van der Waals surface area contributed by atoms with Crippen molar-refractivity contribution in [1.29, 1.82) is 0 Å². The summed E-state index contributed by atoms with van der Waals surface area (Å²) >= 11 is 0. The molecule has 1 aromatic carbocycles. The molecule has 128 valence electrons. The highest BCUT2D eigenvalue weighted by Crippen LogP contribution is 2.35. The van der Waals surface area contributed by atoms with Crippen LogP contribution in [0.25, 0.3) is 0 Å². The van der Waals surface area contributed by atoms with Gasteiger partial charge in [-0.3, -0.25) is 4.79 Å². The predicted octanol–water partition coefficient (Wildman–Crippen LogP) is 1.25. The fourth-order valence-corrected chi connectivity index (χ4v) is 1.86. The van der Waals surface area contributed by atoms with E-state index in [4.69, 9.17) is 19.3 Å². The van der Waals surface area contributed by atoms with Gasteiger partial charge in [-0.1, -0.05) is 0 Å². The second-order valence-corrected chi connectivity index (χ2v) is 5.01. The molecule has 0 saturated heterocycles. The lowest BCUT2D eigenvalue weighted by atomic mass is 10.0. The zero-order valence-electron chi connectivity index (χ0n) is 13.4. The number of aliphatic hydroxyl groups excluding tert-OH is 2. The van der Waals surface area contributed by atoms with E-state index in [0.29, 0.717) is 11.8 Å². The number of aldehydes is 1. The van der Waals surface area contributed by atoms with Gasteiger partial charge in [0, 0.05) is 0 Å². The number of aliphatic hydroxyl groups is 2. The van der Waals surface area contributed by atoms with Crippen LogP contribution in [0.5, 0.6) is 11.5 Å². The van der Waals surface area contributed by atoms with Gasteiger partial charge < -0.3 is 24.4 Å². The minimum absolute atomic E-state index is 0.0932. The van der Waals surface area contributed by atoms with Crippen LogP contribution in [0.1, 0.15) is 42.8 Å². The highest BCUT2D eigenvalue weighted by molar-refractivity contribution is 5.82. The Morgan fingerprint density at radius 1 is 1.35 bits per heavy atom. The van der Waals surface area contributed by atoms with Gasteiger partial charge in [0.2, 0.25) is 0 Å². The molecule has 2 N–H and O–H groups in total. The molecule has 7 heteroatoms. The maximum Gasteiger partial charge on any atom is 0.344 e. The summed E-state index contributed by atoms with van der Waals surface area (Å²) < 4.78 is 15.7. The van der Waals surface area contributed by atoms with Crippen molar-refractivity contribution in [3.8, 4) is 11.5 Å². The number of rotatable bonds is 9. The SMILES string of the molecule is CCOC(=O)COc1c(C=O)cc([C@H](O)CO)cc1OC(C)C. The van der Waals surface area contributed by atoms with Crippen LogP contribution in [0.3, 0.4) is 0 Å². The van der Waals surface area contributed by atoms with E-state index in [-0.39, 0.29) is 36.4 Å². The zero-order valence-corrected chi connectivity index (χ0v) is 13.4. The summed E-state index contributed by atoms with van der Waals surface area (Å²) in [6.07, 6.45) is -0.843. The maximum absolute atomic E-state index is 11.4. The molecule has 0 unspecified atom stereocenters. The molecular formula is C16H22O7. The summed E-state index contributed by atoms with van der Waals surface area (Å²) in [5.74, 6) is -0.272. The Kier molecular flexibility index (Phi) is 7.50. The van der Waals surface area contributed by atoms with E-state index in [2.05, 4.69) is 0 Å². The van der Waals surface area contributed by atoms with Gasteiger partial charge in [-0.05, 0) is 38.5 Å². The molecule has 0 aliphatic heterocycles. The van der Waals surface area contributed by atoms with E-state index in [9.17, 15) is 14.7 Å². The first kappa shape index (κ1) is 18.9. The highest BCUT2D eigenvalue weighted by atomic mass is 16.6. The summed E-state index contributed by atoms with van der Waals surface area (Å²) in [5.41, 5.74) is 0.420. The van der Waals surface area contributed by atoms with Crippen molar-refractivity contribution in [1.82, 2.24) is 0 Å². The van der Waals surface area contributed by atoms with E-state index in [0.717, 1.165) is 0 Å². The van der Waals surface area contributed by atoms with Gasteiger partial charge in [-0.25, -0.2) is 4.79 Å². The average molecular weight is 326 g/mol. The van der Waals surface area contributed by atoms with Gasteiger partial charge in [0.25, 0.3) is 0 Å². The van der Waals surface area contributed by atoms with E-state index < -0.39 is 18.7 Å². The molecule has 0 aliphatic rings. The first-order chi connectivity index (χ1) is 10.9. The van der Waals surface area contributed by atoms with Crippen LogP contribution in [-0.2, 0) is 9.53 Å². The van der Waals surface area contributed by atoms with Crippen molar-refractivity contribution in [2.24, 2.45) is 0 Å². The molecule has 0 heterocycles. The molecule has 0 bridgehead atoms. The minimum atomic E-state index is -1.15. The van der Waals surface area contributed by atoms with Crippen LogP contribution in [0.15, 0.2) is 12.1 Å². The highest BCUT2D eigenvalue weighted by Gasteiger charge is 2.19. The monoisotopic (exact) mass is 326 g/mol.